The SMILES string of the molecule is Nc1ccc(SCc2ccc(-n3cccn3)cc2)c(F)c1. The van der Waals surface area contributed by atoms with Gasteiger partial charge in [0.05, 0.1) is 5.69 Å². The summed E-state index contributed by atoms with van der Waals surface area (Å²) in [4.78, 5) is 0.611. The second kappa shape index (κ2) is 6.01. The lowest BCUT2D eigenvalue weighted by atomic mass is 10.2. The van der Waals surface area contributed by atoms with Crippen molar-refractivity contribution in [2.75, 3.05) is 5.73 Å². The Bertz CT molecular complexity index is 724. The van der Waals surface area contributed by atoms with Crippen LogP contribution in [0.2, 0.25) is 0 Å². The summed E-state index contributed by atoms with van der Waals surface area (Å²) in [6.07, 6.45) is 3.64. The van der Waals surface area contributed by atoms with Crippen molar-refractivity contribution in [1.82, 2.24) is 9.78 Å². The van der Waals surface area contributed by atoms with E-state index in [0.29, 0.717) is 16.3 Å². The van der Waals surface area contributed by atoms with Gasteiger partial charge in [-0.1, -0.05) is 12.1 Å². The average Bonchev–Trinajstić information content (AvgIpc) is 3.01. The molecular weight excluding hydrogens is 285 g/mol. The van der Waals surface area contributed by atoms with E-state index in [9.17, 15) is 4.39 Å². The van der Waals surface area contributed by atoms with Crippen molar-refractivity contribution in [3.63, 3.8) is 0 Å². The van der Waals surface area contributed by atoms with Crippen molar-refractivity contribution >= 4 is 17.4 Å². The molecule has 0 bridgehead atoms. The van der Waals surface area contributed by atoms with Crippen molar-refractivity contribution in [2.45, 2.75) is 10.6 Å². The molecular formula is C16H14FN3S. The molecule has 0 aliphatic rings. The molecule has 3 aromatic rings. The summed E-state index contributed by atoms with van der Waals surface area (Å²) in [6.45, 7) is 0. The number of nitrogen functional groups attached to an aromatic ring is 1. The number of rotatable bonds is 4. The van der Waals surface area contributed by atoms with E-state index in [4.69, 9.17) is 5.73 Å². The maximum Gasteiger partial charge on any atom is 0.138 e. The zero-order chi connectivity index (χ0) is 14.7. The van der Waals surface area contributed by atoms with Crippen molar-refractivity contribution in [2.24, 2.45) is 0 Å². The van der Waals surface area contributed by atoms with Gasteiger partial charge in [-0.15, -0.1) is 11.8 Å². The van der Waals surface area contributed by atoms with Crippen LogP contribution in [0.15, 0.2) is 65.8 Å². The number of halogens is 1. The average molecular weight is 299 g/mol. The van der Waals surface area contributed by atoms with Crippen molar-refractivity contribution in [1.29, 1.82) is 0 Å². The molecule has 0 saturated heterocycles. The van der Waals surface area contributed by atoms with E-state index in [1.807, 2.05) is 36.5 Å². The van der Waals surface area contributed by atoms with E-state index in [-0.39, 0.29) is 5.82 Å². The Morgan fingerprint density at radius 2 is 1.95 bits per heavy atom. The smallest absolute Gasteiger partial charge is 0.138 e. The van der Waals surface area contributed by atoms with Crippen LogP contribution in [-0.2, 0) is 5.75 Å². The second-order valence-corrected chi connectivity index (χ2v) is 5.61. The van der Waals surface area contributed by atoms with Gasteiger partial charge in [-0.05, 0) is 42.0 Å². The van der Waals surface area contributed by atoms with Crippen LogP contribution in [0.25, 0.3) is 5.69 Å². The molecule has 5 heteroatoms. The van der Waals surface area contributed by atoms with Gasteiger partial charge in [0.25, 0.3) is 0 Å². The molecule has 1 heterocycles. The Balaban J connectivity index is 1.68. The largest absolute Gasteiger partial charge is 0.399 e. The minimum Gasteiger partial charge on any atom is -0.399 e. The van der Waals surface area contributed by atoms with Crippen molar-refractivity contribution in [3.8, 4) is 5.69 Å². The number of thioether (sulfide) groups is 1. The van der Waals surface area contributed by atoms with Gasteiger partial charge < -0.3 is 5.73 Å². The van der Waals surface area contributed by atoms with E-state index < -0.39 is 0 Å². The molecule has 0 aliphatic carbocycles. The number of hydrogen-bond acceptors (Lipinski definition) is 3. The van der Waals surface area contributed by atoms with Crippen LogP contribution in [0, 0.1) is 5.82 Å². The van der Waals surface area contributed by atoms with E-state index in [2.05, 4.69) is 5.10 Å². The van der Waals surface area contributed by atoms with Gasteiger partial charge in [-0.25, -0.2) is 9.07 Å². The molecule has 0 atom stereocenters. The minimum atomic E-state index is -0.270. The molecule has 0 saturated carbocycles. The Morgan fingerprint density at radius 3 is 2.62 bits per heavy atom. The maximum atomic E-state index is 13.7. The first-order valence-electron chi connectivity index (χ1n) is 6.49. The fourth-order valence-electron chi connectivity index (χ4n) is 1.96. The fraction of sp³-hybridized carbons (Fsp3) is 0.0625. The van der Waals surface area contributed by atoms with Crippen LogP contribution in [0.1, 0.15) is 5.56 Å². The van der Waals surface area contributed by atoms with Gasteiger partial charge in [0.2, 0.25) is 0 Å². The first-order valence-corrected chi connectivity index (χ1v) is 7.48. The van der Waals surface area contributed by atoms with Crippen LogP contribution in [0.4, 0.5) is 10.1 Å². The molecule has 21 heavy (non-hydrogen) atoms. The zero-order valence-electron chi connectivity index (χ0n) is 11.2. The quantitative estimate of drug-likeness (QED) is 0.587. The highest BCUT2D eigenvalue weighted by atomic mass is 32.2. The predicted molar refractivity (Wildman–Crippen MR) is 83.9 cm³/mol. The molecule has 0 radical (unpaired) electrons. The highest BCUT2D eigenvalue weighted by molar-refractivity contribution is 7.98. The summed E-state index contributed by atoms with van der Waals surface area (Å²) in [5.74, 6) is 0.438. The minimum absolute atomic E-state index is 0.270. The van der Waals surface area contributed by atoms with E-state index in [0.717, 1.165) is 11.3 Å². The Labute approximate surface area is 126 Å². The van der Waals surface area contributed by atoms with Crippen LogP contribution >= 0.6 is 11.8 Å². The van der Waals surface area contributed by atoms with Gasteiger partial charge in [-0.2, -0.15) is 5.10 Å². The summed E-state index contributed by atoms with van der Waals surface area (Å²) in [5.41, 5.74) is 8.12. The first-order chi connectivity index (χ1) is 10.2. The van der Waals surface area contributed by atoms with Crippen LogP contribution in [-0.4, -0.2) is 9.78 Å². The third-order valence-corrected chi connectivity index (χ3v) is 4.18. The molecule has 2 N–H and O–H groups in total. The van der Waals surface area contributed by atoms with E-state index in [1.54, 1.807) is 23.0 Å². The lowest BCUT2D eigenvalue weighted by molar-refractivity contribution is 0.603. The third kappa shape index (κ3) is 3.25. The summed E-state index contributed by atoms with van der Waals surface area (Å²) < 4.78 is 15.5. The topological polar surface area (TPSA) is 43.8 Å². The fourth-order valence-corrected chi connectivity index (χ4v) is 2.84. The molecule has 0 fully saturated rings. The number of nitrogens with two attached hydrogens (primary N) is 1. The molecule has 0 spiro atoms. The summed E-state index contributed by atoms with van der Waals surface area (Å²) in [6, 6.07) is 14.7. The van der Waals surface area contributed by atoms with Gasteiger partial charge in [0, 0.05) is 28.7 Å². The highest BCUT2D eigenvalue weighted by Gasteiger charge is 2.04. The monoisotopic (exact) mass is 299 g/mol. The highest BCUT2D eigenvalue weighted by Crippen LogP contribution is 2.27. The maximum absolute atomic E-state index is 13.7. The summed E-state index contributed by atoms with van der Waals surface area (Å²) in [5, 5.41) is 4.18. The molecule has 0 aliphatic heterocycles. The number of benzene rings is 2. The van der Waals surface area contributed by atoms with Crippen molar-refractivity contribution < 1.29 is 4.39 Å². The number of aromatic nitrogens is 2. The van der Waals surface area contributed by atoms with E-state index >= 15 is 0 Å². The lowest BCUT2D eigenvalue weighted by Crippen LogP contribution is -1.94. The molecule has 0 unspecified atom stereocenters. The Kier molecular flexibility index (Phi) is 3.92. The Hall–Kier alpha value is -2.27. The van der Waals surface area contributed by atoms with Gasteiger partial charge in [-0.3, -0.25) is 0 Å². The third-order valence-electron chi connectivity index (χ3n) is 3.06. The van der Waals surface area contributed by atoms with Gasteiger partial charge in [0.1, 0.15) is 5.82 Å². The van der Waals surface area contributed by atoms with Crippen LogP contribution in [0.5, 0.6) is 0 Å². The van der Waals surface area contributed by atoms with Crippen molar-refractivity contribution in [3.05, 3.63) is 72.3 Å². The molecule has 106 valence electrons. The molecule has 1 aromatic heterocycles. The summed E-state index contributed by atoms with van der Waals surface area (Å²) >= 11 is 1.46. The first kappa shape index (κ1) is 13.7. The lowest BCUT2D eigenvalue weighted by Gasteiger charge is -2.06. The molecule has 0 amide bonds. The number of anilines is 1. The Morgan fingerprint density at radius 1 is 1.14 bits per heavy atom. The zero-order valence-corrected chi connectivity index (χ0v) is 12.1. The number of hydrogen-bond donors (Lipinski definition) is 1. The van der Waals surface area contributed by atoms with E-state index in [1.165, 1.54) is 17.8 Å². The summed E-state index contributed by atoms with van der Waals surface area (Å²) in [7, 11) is 0. The van der Waals surface area contributed by atoms with Gasteiger partial charge >= 0.3 is 0 Å². The second-order valence-electron chi connectivity index (χ2n) is 4.60. The normalized spacial score (nSPS) is 10.7. The van der Waals surface area contributed by atoms with Gasteiger partial charge in [0.15, 0.2) is 0 Å². The standard InChI is InChI=1S/C16H14FN3S/c17-15-10-13(18)4-7-16(15)21-11-12-2-5-14(6-3-12)20-9-1-8-19-20/h1-10H,11,18H2. The molecule has 2 aromatic carbocycles. The van der Waals surface area contributed by atoms with Crippen LogP contribution in [0.3, 0.4) is 0 Å². The predicted octanol–water partition coefficient (Wildman–Crippen LogP) is 3.89. The molecule has 3 rings (SSSR count). The molecule has 3 nitrogen and oxygen atoms in total. The number of nitrogens with zero attached hydrogens (tertiary/aromatic N) is 2. The van der Waals surface area contributed by atoms with Crippen LogP contribution < -0.4 is 5.73 Å².